The van der Waals surface area contributed by atoms with Crippen LogP contribution in [0.2, 0.25) is 0 Å². The first-order valence-electron chi connectivity index (χ1n) is 12.0. The molecule has 1 fully saturated rings. The lowest BCUT2D eigenvalue weighted by atomic mass is 10.1. The van der Waals surface area contributed by atoms with E-state index in [2.05, 4.69) is 20.0 Å². The summed E-state index contributed by atoms with van der Waals surface area (Å²) in [7, 11) is 3.97. The zero-order chi connectivity index (χ0) is 26.2. The predicted molar refractivity (Wildman–Crippen MR) is 143 cm³/mol. The normalized spacial score (nSPS) is 19.6. The zero-order valence-electron chi connectivity index (χ0n) is 21.6. The number of benzene rings is 1. The highest BCUT2D eigenvalue weighted by atomic mass is 32.2. The van der Waals surface area contributed by atoms with Crippen molar-refractivity contribution < 1.29 is 28.5 Å². The maximum absolute atomic E-state index is 12.3. The van der Waals surface area contributed by atoms with E-state index in [9.17, 15) is 4.79 Å². The molecule has 2 aliphatic heterocycles. The summed E-state index contributed by atoms with van der Waals surface area (Å²) in [5.41, 5.74) is 0.937. The average Bonchev–Trinajstić information content (AvgIpc) is 3.42. The second kappa shape index (κ2) is 12.9. The van der Waals surface area contributed by atoms with Crippen LogP contribution in [-0.4, -0.2) is 92.5 Å². The molecule has 1 aromatic heterocycles. The van der Waals surface area contributed by atoms with Crippen molar-refractivity contribution in [3.63, 3.8) is 0 Å². The Morgan fingerprint density at radius 2 is 1.95 bits per heavy atom. The van der Waals surface area contributed by atoms with Crippen molar-refractivity contribution >= 4 is 33.1 Å². The van der Waals surface area contributed by atoms with Gasteiger partial charge in [0.2, 0.25) is 11.7 Å². The number of morpholine rings is 1. The Bertz CT molecular complexity index is 1090. The van der Waals surface area contributed by atoms with Gasteiger partial charge in [0.25, 0.3) is 0 Å². The molecule has 13 heteroatoms. The van der Waals surface area contributed by atoms with Crippen LogP contribution in [0.15, 0.2) is 24.4 Å². The van der Waals surface area contributed by atoms with Gasteiger partial charge in [-0.15, -0.1) is 0 Å². The maximum Gasteiger partial charge on any atom is 0.375 e. The van der Waals surface area contributed by atoms with Gasteiger partial charge < -0.3 is 29.0 Å². The number of carbonyl (C=O) groups excluding carboxylic acids is 1. The Labute approximate surface area is 219 Å². The Hall–Kier alpha value is -3.13. The van der Waals surface area contributed by atoms with E-state index in [1.165, 1.54) is 0 Å². The van der Waals surface area contributed by atoms with Gasteiger partial charge in [-0.25, -0.2) is 14.8 Å². The van der Waals surface area contributed by atoms with Gasteiger partial charge in [-0.3, -0.25) is 9.73 Å². The molecule has 202 valence electrons. The van der Waals surface area contributed by atoms with Gasteiger partial charge in [0.1, 0.15) is 5.82 Å². The highest BCUT2D eigenvalue weighted by Gasteiger charge is 2.32. The van der Waals surface area contributed by atoms with Gasteiger partial charge in [-0.1, -0.05) is 0 Å². The molecule has 0 aliphatic carbocycles. The fourth-order valence-electron chi connectivity index (χ4n) is 4.11. The first kappa shape index (κ1) is 26.9. The van der Waals surface area contributed by atoms with E-state index >= 15 is 0 Å². The summed E-state index contributed by atoms with van der Waals surface area (Å²) in [6, 6.07) is 5.49. The summed E-state index contributed by atoms with van der Waals surface area (Å²) in [6.07, 6.45) is 1.72. The molecular weight excluding hydrogens is 500 g/mol. The number of nitrogens with one attached hydrogen (secondary N) is 2. The van der Waals surface area contributed by atoms with Crippen LogP contribution >= 0.6 is 10.7 Å². The van der Waals surface area contributed by atoms with Crippen LogP contribution < -0.4 is 29.3 Å². The third-order valence-corrected chi connectivity index (χ3v) is 7.38. The van der Waals surface area contributed by atoms with Crippen molar-refractivity contribution in [1.29, 1.82) is 0 Å². The van der Waals surface area contributed by atoms with Crippen LogP contribution in [0.25, 0.3) is 0 Å². The largest absolute Gasteiger partial charge is 0.493 e. The molecular formula is C24H34N6O6S. The molecule has 3 heterocycles. The number of methoxy groups -OCH3 is 3. The molecule has 2 atom stereocenters. The van der Waals surface area contributed by atoms with Crippen molar-refractivity contribution in [3.8, 4) is 17.2 Å². The summed E-state index contributed by atoms with van der Waals surface area (Å²) in [6.45, 7) is 5.82. The molecule has 12 nitrogen and oxygen atoms in total. The van der Waals surface area contributed by atoms with Crippen LogP contribution in [0.3, 0.4) is 0 Å². The number of anilines is 2. The van der Waals surface area contributed by atoms with E-state index in [1.807, 2.05) is 28.6 Å². The van der Waals surface area contributed by atoms with Crippen molar-refractivity contribution in [1.82, 2.24) is 19.7 Å². The van der Waals surface area contributed by atoms with Crippen LogP contribution in [0.5, 0.6) is 17.2 Å². The van der Waals surface area contributed by atoms with Gasteiger partial charge in [0.15, 0.2) is 11.5 Å². The summed E-state index contributed by atoms with van der Waals surface area (Å²) in [5.74, 6) is 2.91. The van der Waals surface area contributed by atoms with E-state index in [-0.39, 0.29) is 11.3 Å². The van der Waals surface area contributed by atoms with Crippen LogP contribution in [0, 0.1) is 0 Å². The molecule has 2 N–H and O–H groups in total. The zero-order valence-corrected chi connectivity index (χ0v) is 22.4. The molecule has 0 bridgehead atoms. The monoisotopic (exact) mass is 534 g/mol. The number of aromatic nitrogens is 2. The minimum absolute atomic E-state index is 0.115. The minimum Gasteiger partial charge on any atom is -0.493 e. The van der Waals surface area contributed by atoms with Crippen molar-refractivity contribution in [2.45, 2.75) is 19.5 Å². The van der Waals surface area contributed by atoms with Crippen LogP contribution in [0.4, 0.5) is 16.6 Å². The molecule has 2 aromatic rings. The highest BCUT2D eigenvalue weighted by molar-refractivity contribution is 8.26. The standard InChI is InChI=1S/C24H34N6O6S/c1-5-36-24(31)37-16-18(15-27-37)30(29-8-10-35-11-9-29)23-25-7-6-21(28-23)26-14-17-12-19(32-2)22(34-4)20(13-17)33-3/h6-7,12-13,16,18,27H,5,8-11,14-15H2,1-4H3,(H,25,26,28). The molecule has 1 saturated heterocycles. The topological polar surface area (TPSA) is 120 Å². The predicted octanol–water partition coefficient (Wildman–Crippen LogP) is 2.28. The number of hydrogen-bond donors (Lipinski definition) is 2. The first-order valence-corrected chi connectivity index (χ1v) is 13.3. The quantitative estimate of drug-likeness (QED) is 0.344. The minimum atomic E-state index is -0.785. The molecule has 37 heavy (non-hydrogen) atoms. The van der Waals surface area contributed by atoms with Gasteiger partial charge in [0, 0.05) is 32.4 Å². The van der Waals surface area contributed by atoms with Crippen LogP contribution in [-0.2, 0) is 16.0 Å². The van der Waals surface area contributed by atoms with Crippen molar-refractivity contribution in [2.75, 3.05) is 71.1 Å². The molecule has 0 amide bonds. The highest BCUT2D eigenvalue weighted by Crippen LogP contribution is 2.38. The number of ether oxygens (including phenoxy) is 5. The average molecular weight is 535 g/mol. The number of carbonyl (C=O) groups is 1. The molecule has 0 spiro atoms. The lowest BCUT2D eigenvalue weighted by Gasteiger charge is -2.40. The SMILES string of the molecule is CCOC(=O)S1=CC(N(c2nccc(NCc3cc(OC)c(OC)c(OC)c3)n2)N2CCOCC2)CN1. The Morgan fingerprint density at radius 1 is 1.22 bits per heavy atom. The molecule has 0 radical (unpaired) electrons. The van der Waals surface area contributed by atoms with E-state index in [4.69, 9.17) is 28.7 Å². The smallest absolute Gasteiger partial charge is 0.375 e. The molecule has 4 rings (SSSR count). The maximum atomic E-state index is 12.3. The fraction of sp³-hybridized carbons (Fsp3) is 0.500. The number of hydrogen-bond acceptors (Lipinski definition) is 12. The second-order valence-corrected chi connectivity index (χ2v) is 9.68. The van der Waals surface area contributed by atoms with E-state index in [1.54, 1.807) is 34.4 Å². The summed E-state index contributed by atoms with van der Waals surface area (Å²) < 4.78 is 30.4. The Morgan fingerprint density at radius 3 is 2.59 bits per heavy atom. The number of hydrazine groups is 1. The Kier molecular flexibility index (Phi) is 9.39. The summed E-state index contributed by atoms with van der Waals surface area (Å²) >= 11 is 0. The third kappa shape index (κ3) is 6.42. The van der Waals surface area contributed by atoms with Gasteiger partial charge in [-0.2, -0.15) is 4.98 Å². The summed E-state index contributed by atoms with van der Waals surface area (Å²) in [5, 5.41) is 9.30. The van der Waals surface area contributed by atoms with Crippen molar-refractivity contribution in [3.05, 3.63) is 30.0 Å². The van der Waals surface area contributed by atoms with Crippen molar-refractivity contribution in [2.24, 2.45) is 0 Å². The third-order valence-electron chi connectivity index (χ3n) is 5.84. The Balaban J connectivity index is 1.55. The first-order chi connectivity index (χ1) is 18.1. The van der Waals surface area contributed by atoms with Gasteiger partial charge in [-0.05, 0) is 46.7 Å². The second-order valence-electron chi connectivity index (χ2n) is 8.11. The molecule has 2 unspecified atom stereocenters. The van der Waals surface area contributed by atoms with Gasteiger partial charge >= 0.3 is 5.30 Å². The van der Waals surface area contributed by atoms with E-state index < -0.39 is 10.7 Å². The van der Waals surface area contributed by atoms with E-state index in [0.29, 0.717) is 75.0 Å². The molecule has 1 aromatic carbocycles. The van der Waals surface area contributed by atoms with Gasteiger partial charge in [0.05, 0.1) is 47.2 Å². The number of rotatable bonds is 10. The fourth-order valence-corrected chi connectivity index (χ4v) is 5.56. The molecule has 0 saturated carbocycles. The number of nitrogens with zero attached hydrogens (tertiary/aromatic N) is 4. The van der Waals surface area contributed by atoms with Crippen LogP contribution in [0.1, 0.15) is 12.5 Å². The summed E-state index contributed by atoms with van der Waals surface area (Å²) in [4.78, 5) is 21.7. The lowest BCUT2D eigenvalue weighted by Crippen LogP contribution is -2.55. The molecule has 2 aliphatic rings. The van der Waals surface area contributed by atoms with E-state index in [0.717, 1.165) is 5.56 Å². The lowest BCUT2D eigenvalue weighted by molar-refractivity contribution is 0.0291.